The SMILES string of the molecule is Cc1ccnc(NCc2ccnc3ccnn23)n1. The van der Waals surface area contributed by atoms with Crippen molar-refractivity contribution in [1.82, 2.24) is 24.6 Å². The molecule has 3 aromatic heterocycles. The first kappa shape index (κ1) is 10.6. The first-order valence-corrected chi connectivity index (χ1v) is 5.64. The van der Waals surface area contributed by atoms with Crippen LogP contribution in [0.2, 0.25) is 0 Å². The number of anilines is 1. The molecule has 0 saturated heterocycles. The first-order valence-electron chi connectivity index (χ1n) is 5.64. The van der Waals surface area contributed by atoms with Crippen LogP contribution in [0.4, 0.5) is 5.95 Å². The van der Waals surface area contributed by atoms with Gasteiger partial charge in [-0.2, -0.15) is 5.10 Å². The standard InChI is InChI=1S/C12H12N6/c1-9-2-5-14-12(17-9)15-8-10-3-6-13-11-4-7-16-18(10)11/h2-7H,8H2,1H3,(H,14,15,17). The smallest absolute Gasteiger partial charge is 0.223 e. The second-order valence-corrected chi connectivity index (χ2v) is 3.91. The van der Waals surface area contributed by atoms with Gasteiger partial charge in [-0.1, -0.05) is 0 Å². The zero-order valence-corrected chi connectivity index (χ0v) is 9.91. The lowest BCUT2D eigenvalue weighted by molar-refractivity contribution is 0.847. The normalized spacial score (nSPS) is 10.7. The van der Waals surface area contributed by atoms with E-state index in [0.717, 1.165) is 17.0 Å². The summed E-state index contributed by atoms with van der Waals surface area (Å²) in [5.41, 5.74) is 2.78. The van der Waals surface area contributed by atoms with Gasteiger partial charge in [0.05, 0.1) is 18.4 Å². The van der Waals surface area contributed by atoms with E-state index in [4.69, 9.17) is 0 Å². The number of hydrogen-bond acceptors (Lipinski definition) is 5. The van der Waals surface area contributed by atoms with Gasteiger partial charge in [-0.15, -0.1) is 0 Å². The van der Waals surface area contributed by atoms with Crippen molar-refractivity contribution in [3.05, 3.63) is 48.2 Å². The van der Waals surface area contributed by atoms with Crippen molar-refractivity contribution in [3.63, 3.8) is 0 Å². The Morgan fingerprint density at radius 2 is 2.00 bits per heavy atom. The number of rotatable bonds is 3. The molecule has 0 fully saturated rings. The van der Waals surface area contributed by atoms with Gasteiger partial charge in [0, 0.05) is 24.2 Å². The van der Waals surface area contributed by atoms with E-state index < -0.39 is 0 Å². The van der Waals surface area contributed by atoms with Crippen molar-refractivity contribution in [2.24, 2.45) is 0 Å². The highest BCUT2D eigenvalue weighted by Gasteiger charge is 2.02. The van der Waals surface area contributed by atoms with E-state index >= 15 is 0 Å². The van der Waals surface area contributed by atoms with Gasteiger partial charge in [-0.25, -0.2) is 19.5 Å². The van der Waals surface area contributed by atoms with Gasteiger partial charge in [-0.05, 0) is 19.1 Å². The van der Waals surface area contributed by atoms with Gasteiger partial charge in [0.15, 0.2) is 5.65 Å². The molecule has 3 rings (SSSR count). The van der Waals surface area contributed by atoms with E-state index in [9.17, 15) is 0 Å². The average Bonchev–Trinajstić information content (AvgIpc) is 2.85. The molecule has 6 nitrogen and oxygen atoms in total. The number of hydrogen-bond donors (Lipinski definition) is 1. The molecule has 90 valence electrons. The molecular formula is C12H12N6. The predicted molar refractivity (Wildman–Crippen MR) is 67.1 cm³/mol. The number of fused-ring (bicyclic) bond motifs is 1. The summed E-state index contributed by atoms with van der Waals surface area (Å²) in [6, 6.07) is 5.65. The third-order valence-corrected chi connectivity index (χ3v) is 2.59. The second kappa shape index (κ2) is 4.40. The van der Waals surface area contributed by atoms with E-state index in [0.29, 0.717) is 12.5 Å². The quantitative estimate of drug-likeness (QED) is 0.750. The Kier molecular flexibility index (Phi) is 2.60. The zero-order chi connectivity index (χ0) is 12.4. The highest BCUT2D eigenvalue weighted by Crippen LogP contribution is 2.06. The van der Waals surface area contributed by atoms with Crippen LogP contribution < -0.4 is 5.32 Å². The molecule has 0 saturated carbocycles. The van der Waals surface area contributed by atoms with Crippen LogP contribution in [-0.4, -0.2) is 24.6 Å². The summed E-state index contributed by atoms with van der Waals surface area (Å²) in [6.07, 6.45) is 5.24. The van der Waals surface area contributed by atoms with Crippen LogP contribution in [0, 0.1) is 6.92 Å². The van der Waals surface area contributed by atoms with Crippen LogP contribution in [0.15, 0.2) is 36.8 Å². The predicted octanol–water partition coefficient (Wildman–Crippen LogP) is 1.44. The van der Waals surface area contributed by atoms with Crippen molar-refractivity contribution in [3.8, 4) is 0 Å². The fourth-order valence-corrected chi connectivity index (χ4v) is 1.72. The molecule has 0 aliphatic carbocycles. The highest BCUT2D eigenvalue weighted by atomic mass is 15.3. The maximum absolute atomic E-state index is 4.29. The Labute approximate surface area is 104 Å². The Morgan fingerprint density at radius 1 is 1.11 bits per heavy atom. The fourth-order valence-electron chi connectivity index (χ4n) is 1.72. The van der Waals surface area contributed by atoms with Gasteiger partial charge < -0.3 is 5.32 Å². The summed E-state index contributed by atoms with van der Waals surface area (Å²) in [4.78, 5) is 12.7. The maximum atomic E-state index is 4.29. The van der Waals surface area contributed by atoms with Crippen molar-refractivity contribution >= 4 is 11.6 Å². The molecule has 0 bridgehead atoms. The van der Waals surface area contributed by atoms with Crippen LogP contribution in [-0.2, 0) is 6.54 Å². The molecular weight excluding hydrogens is 228 g/mol. The van der Waals surface area contributed by atoms with Gasteiger partial charge >= 0.3 is 0 Å². The van der Waals surface area contributed by atoms with Crippen LogP contribution in [0.5, 0.6) is 0 Å². The molecule has 0 aromatic carbocycles. The molecule has 0 unspecified atom stereocenters. The van der Waals surface area contributed by atoms with Crippen molar-refractivity contribution in [2.45, 2.75) is 13.5 Å². The third kappa shape index (κ3) is 2.00. The van der Waals surface area contributed by atoms with E-state index in [1.807, 2.05) is 25.1 Å². The average molecular weight is 240 g/mol. The molecule has 3 heterocycles. The van der Waals surface area contributed by atoms with E-state index in [-0.39, 0.29) is 0 Å². The Balaban J connectivity index is 1.83. The lowest BCUT2D eigenvalue weighted by atomic mass is 10.4. The molecule has 0 atom stereocenters. The topological polar surface area (TPSA) is 68.0 Å². The maximum Gasteiger partial charge on any atom is 0.223 e. The molecule has 0 aliphatic heterocycles. The van der Waals surface area contributed by atoms with E-state index in [1.165, 1.54) is 0 Å². The third-order valence-electron chi connectivity index (χ3n) is 2.59. The minimum Gasteiger partial charge on any atom is -0.349 e. The van der Waals surface area contributed by atoms with Crippen LogP contribution in [0.25, 0.3) is 5.65 Å². The summed E-state index contributed by atoms with van der Waals surface area (Å²) in [7, 11) is 0. The zero-order valence-electron chi connectivity index (χ0n) is 9.91. The van der Waals surface area contributed by atoms with Gasteiger partial charge in [0.2, 0.25) is 5.95 Å². The number of nitrogens with zero attached hydrogens (tertiary/aromatic N) is 5. The van der Waals surface area contributed by atoms with E-state index in [1.54, 1.807) is 23.1 Å². The van der Waals surface area contributed by atoms with Gasteiger partial charge in [-0.3, -0.25) is 0 Å². The molecule has 0 aliphatic rings. The molecule has 0 spiro atoms. The summed E-state index contributed by atoms with van der Waals surface area (Å²) >= 11 is 0. The first-order chi connectivity index (χ1) is 8.83. The fraction of sp³-hybridized carbons (Fsp3) is 0.167. The molecule has 0 radical (unpaired) electrons. The van der Waals surface area contributed by atoms with Crippen LogP contribution in [0.3, 0.4) is 0 Å². The number of nitrogens with one attached hydrogen (secondary N) is 1. The Morgan fingerprint density at radius 3 is 2.89 bits per heavy atom. The Hall–Kier alpha value is -2.50. The summed E-state index contributed by atoms with van der Waals surface area (Å²) in [5, 5.41) is 7.39. The monoisotopic (exact) mass is 240 g/mol. The minimum absolute atomic E-state index is 0.601. The molecule has 18 heavy (non-hydrogen) atoms. The lowest BCUT2D eigenvalue weighted by Crippen LogP contribution is -2.08. The highest BCUT2D eigenvalue weighted by molar-refractivity contribution is 5.37. The van der Waals surface area contributed by atoms with Crippen LogP contribution in [0.1, 0.15) is 11.4 Å². The molecule has 0 amide bonds. The summed E-state index contributed by atoms with van der Waals surface area (Å²) in [5.74, 6) is 0.618. The number of aromatic nitrogens is 5. The van der Waals surface area contributed by atoms with Crippen molar-refractivity contribution in [2.75, 3.05) is 5.32 Å². The molecule has 3 aromatic rings. The number of aryl methyl sites for hydroxylation is 1. The largest absolute Gasteiger partial charge is 0.349 e. The summed E-state index contributed by atoms with van der Waals surface area (Å²) < 4.78 is 1.79. The Bertz CT molecular complexity index is 675. The van der Waals surface area contributed by atoms with E-state index in [2.05, 4.69) is 25.4 Å². The molecule has 6 heteroatoms. The van der Waals surface area contributed by atoms with Gasteiger partial charge in [0.1, 0.15) is 0 Å². The summed E-state index contributed by atoms with van der Waals surface area (Å²) in [6.45, 7) is 2.54. The van der Waals surface area contributed by atoms with Gasteiger partial charge in [0.25, 0.3) is 0 Å². The van der Waals surface area contributed by atoms with Crippen LogP contribution >= 0.6 is 0 Å². The lowest BCUT2D eigenvalue weighted by Gasteiger charge is -2.06. The van der Waals surface area contributed by atoms with Crippen molar-refractivity contribution < 1.29 is 0 Å². The second-order valence-electron chi connectivity index (χ2n) is 3.91. The molecule has 1 N–H and O–H groups in total. The van der Waals surface area contributed by atoms with Crippen molar-refractivity contribution in [1.29, 1.82) is 0 Å². The minimum atomic E-state index is 0.601.